The monoisotopic (exact) mass is 166 g/mol. The molecule has 0 aromatic carbocycles. The third-order valence-electron chi connectivity index (χ3n) is 1.10. The topological polar surface area (TPSA) is 29.5 Å². The smallest absolute Gasteiger partial charge is 0.301 e. The van der Waals surface area contributed by atoms with Crippen LogP contribution < -0.4 is 0 Å². The number of allylic oxidation sites excluding steroid dienone is 1. The van der Waals surface area contributed by atoms with Crippen molar-refractivity contribution in [2.75, 3.05) is 6.61 Å². The maximum Gasteiger partial charge on any atom is 0.301 e. The van der Waals surface area contributed by atoms with Crippen molar-refractivity contribution >= 4 is 0 Å². The molecule has 0 rings (SSSR count). The van der Waals surface area contributed by atoms with Gasteiger partial charge in [-0.25, -0.2) is 8.78 Å². The zero-order valence-electron chi connectivity index (χ0n) is 6.39. The van der Waals surface area contributed by atoms with Crippen LogP contribution in [0.2, 0.25) is 0 Å². The second-order valence-corrected chi connectivity index (χ2v) is 2.06. The summed E-state index contributed by atoms with van der Waals surface area (Å²) in [7, 11) is 0. The molecule has 0 spiro atoms. The Morgan fingerprint density at radius 3 is 2.64 bits per heavy atom. The second kappa shape index (κ2) is 4.41. The van der Waals surface area contributed by atoms with Gasteiger partial charge in [0.15, 0.2) is 0 Å². The number of halogens is 2. The lowest BCUT2D eigenvalue weighted by atomic mass is 10.2. The quantitative estimate of drug-likeness (QED) is 0.496. The molecule has 0 aliphatic carbocycles. The van der Waals surface area contributed by atoms with E-state index in [1.807, 2.05) is 0 Å². The van der Waals surface area contributed by atoms with Crippen molar-refractivity contribution in [3.05, 3.63) is 12.7 Å². The SMILES string of the molecule is C=CCC(F)(F)C(O)OCC. The summed E-state index contributed by atoms with van der Waals surface area (Å²) in [5.74, 6) is -3.22. The molecule has 66 valence electrons. The Bertz CT molecular complexity index is 126. The molecule has 0 saturated heterocycles. The van der Waals surface area contributed by atoms with Crippen LogP contribution >= 0.6 is 0 Å². The molecule has 0 aliphatic rings. The van der Waals surface area contributed by atoms with Gasteiger partial charge in [0.25, 0.3) is 0 Å². The standard InChI is InChI=1S/C7H12F2O2/c1-3-5-7(8,9)6(10)11-4-2/h3,6,10H,1,4-5H2,2H3. The molecule has 1 atom stereocenters. The predicted octanol–water partition coefficient (Wildman–Crippen LogP) is 1.55. The van der Waals surface area contributed by atoms with Gasteiger partial charge in [-0.15, -0.1) is 6.58 Å². The highest BCUT2D eigenvalue weighted by Gasteiger charge is 2.37. The average molecular weight is 166 g/mol. The molecule has 0 bridgehead atoms. The normalized spacial score (nSPS) is 14.5. The lowest BCUT2D eigenvalue weighted by Crippen LogP contribution is -2.35. The second-order valence-electron chi connectivity index (χ2n) is 2.06. The molecule has 0 aromatic heterocycles. The van der Waals surface area contributed by atoms with Crippen molar-refractivity contribution in [3.8, 4) is 0 Å². The summed E-state index contributed by atoms with van der Waals surface area (Å²) in [6.45, 7) is 4.74. The van der Waals surface area contributed by atoms with Crippen LogP contribution in [0.15, 0.2) is 12.7 Å². The van der Waals surface area contributed by atoms with Gasteiger partial charge in [0.2, 0.25) is 6.29 Å². The Morgan fingerprint density at radius 2 is 2.27 bits per heavy atom. The molecule has 1 unspecified atom stereocenters. The van der Waals surface area contributed by atoms with Crippen molar-refractivity contribution in [3.63, 3.8) is 0 Å². The van der Waals surface area contributed by atoms with Crippen LogP contribution in [-0.4, -0.2) is 23.9 Å². The van der Waals surface area contributed by atoms with Crippen LogP contribution in [0.5, 0.6) is 0 Å². The Labute approximate surface area is 64.5 Å². The first-order valence-electron chi connectivity index (χ1n) is 3.33. The molecule has 0 aromatic rings. The summed E-state index contributed by atoms with van der Waals surface area (Å²) >= 11 is 0. The number of hydrogen-bond donors (Lipinski definition) is 1. The van der Waals surface area contributed by atoms with E-state index in [9.17, 15) is 8.78 Å². The Kier molecular flexibility index (Phi) is 4.22. The minimum atomic E-state index is -3.22. The van der Waals surface area contributed by atoms with Crippen LogP contribution in [0.25, 0.3) is 0 Å². The fourth-order valence-corrected chi connectivity index (χ4v) is 0.573. The molecule has 0 heterocycles. The van der Waals surface area contributed by atoms with E-state index >= 15 is 0 Å². The lowest BCUT2D eigenvalue weighted by Gasteiger charge is -2.20. The number of hydrogen-bond acceptors (Lipinski definition) is 2. The minimum Gasteiger partial charge on any atom is -0.363 e. The third kappa shape index (κ3) is 3.43. The number of alkyl halides is 2. The number of aliphatic hydroxyl groups is 1. The van der Waals surface area contributed by atoms with Crippen molar-refractivity contribution in [2.45, 2.75) is 25.6 Å². The molecule has 0 fully saturated rings. The maximum absolute atomic E-state index is 12.6. The first kappa shape index (κ1) is 10.5. The fraction of sp³-hybridized carbons (Fsp3) is 0.714. The van der Waals surface area contributed by atoms with E-state index in [4.69, 9.17) is 5.11 Å². The first-order valence-corrected chi connectivity index (χ1v) is 3.33. The van der Waals surface area contributed by atoms with Gasteiger partial charge in [-0.05, 0) is 6.92 Å². The molecule has 0 radical (unpaired) electrons. The van der Waals surface area contributed by atoms with Gasteiger partial charge in [-0.3, -0.25) is 0 Å². The number of ether oxygens (including phenoxy) is 1. The van der Waals surface area contributed by atoms with E-state index in [2.05, 4.69) is 11.3 Å². The van der Waals surface area contributed by atoms with Gasteiger partial charge in [0, 0.05) is 13.0 Å². The van der Waals surface area contributed by atoms with Crippen molar-refractivity contribution in [2.24, 2.45) is 0 Å². The summed E-state index contributed by atoms with van der Waals surface area (Å²) in [4.78, 5) is 0. The van der Waals surface area contributed by atoms with E-state index in [1.165, 1.54) is 6.92 Å². The molecule has 0 amide bonds. The van der Waals surface area contributed by atoms with Crippen molar-refractivity contribution in [1.29, 1.82) is 0 Å². The van der Waals surface area contributed by atoms with Crippen LogP contribution in [0, 0.1) is 0 Å². The summed E-state index contributed by atoms with van der Waals surface area (Å²) in [6, 6.07) is 0. The molecule has 4 heteroatoms. The zero-order chi connectivity index (χ0) is 8.91. The lowest BCUT2D eigenvalue weighted by molar-refractivity contribution is -0.230. The largest absolute Gasteiger partial charge is 0.363 e. The van der Waals surface area contributed by atoms with Crippen molar-refractivity contribution < 1.29 is 18.6 Å². The maximum atomic E-state index is 12.6. The molecule has 2 nitrogen and oxygen atoms in total. The Morgan fingerprint density at radius 1 is 1.73 bits per heavy atom. The van der Waals surface area contributed by atoms with E-state index in [-0.39, 0.29) is 6.61 Å². The molecule has 0 aliphatic heterocycles. The Hall–Kier alpha value is -0.480. The first-order chi connectivity index (χ1) is 5.04. The molecule has 11 heavy (non-hydrogen) atoms. The summed E-state index contributed by atoms with van der Waals surface area (Å²) in [6.07, 6.45) is -1.55. The molecule has 1 N–H and O–H groups in total. The van der Waals surface area contributed by atoms with Gasteiger partial charge >= 0.3 is 5.92 Å². The fourth-order valence-electron chi connectivity index (χ4n) is 0.573. The highest BCUT2D eigenvalue weighted by atomic mass is 19.3. The zero-order valence-corrected chi connectivity index (χ0v) is 6.39. The van der Waals surface area contributed by atoms with Gasteiger partial charge in [-0.2, -0.15) is 0 Å². The molecular formula is C7H12F2O2. The van der Waals surface area contributed by atoms with Crippen molar-refractivity contribution in [1.82, 2.24) is 0 Å². The summed E-state index contributed by atoms with van der Waals surface area (Å²) < 4.78 is 29.4. The average Bonchev–Trinajstić information content (AvgIpc) is 1.88. The van der Waals surface area contributed by atoms with Gasteiger partial charge < -0.3 is 9.84 Å². The van der Waals surface area contributed by atoms with Crippen LogP contribution in [0.1, 0.15) is 13.3 Å². The van der Waals surface area contributed by atoms with Crippen LogP contribution in [0.3, 0.4) is 0 Å². The highest BCUT2D eigenvalue weighted by Crippen LogP contribution is 2.23. The van der Waals surface area contributed by atoms with E-state index in [0.29, 0.717) is 0 Å². The third-order valence-corrected chi connectivity index (χ3v) is 1.10. The van der Waals surface area contributed by atoms with E-state index in [1.54, 1.807) is 0 Å². The highest BCUT2D eigenvalue weighted by molar-refractivity contribution is 4.80. The molecule has 0 saturated carbocycles. The molecular weight excluding hydrogens is 154 g/mol. The van der Waals surface area contributed by atoms with E-state index in [0.717, 1.165) is 6.08 Å². The summed E-state index contributed by atoms with van der Waals surface area (Å²) in [5.41, 5.74) is 0. The number of rotatable bonds is 5. The Balaban J connectivity index is 3.93. The van der Waals surface area contributed by atoms with Crippen LogP contribution in [-0.2, 0) is 4.74 Å². The van der Waals surface area contributed by atoms with Crippen LogP contribution in [0.4, 0.5) is 8.78 Å². The minimum absolute atomic E-state index is 0.0634. The van der Waals surface area contributed by atoms with Gasteiger partial charge in [0.1, 0.15) is 0 Å². The number of aliphatic hydroxyl groups excluding tert-OH is 1. The summed E-state index contributed by atoms with van der Waals surface area (Å²) in [5, 5.41) is 8.69. The van der Waals surface area contributed by atoms with Gasteiger partial charge in [0.05, 0.1) is 0 Å². The van der Waals surface area contributed by atoms with Gasteiger partial charge in [-0.1, -0.05) is 6.08 Å². The van der Waals surface area contributed by atoms with E-state index < -0.39 is 18.6 Å². The predicted molar refractivity (Wildman–Crippen MR) is 37.4 cm³/mol.